The Morgan fingerprint density at radius 3 is 0.904 bits per heavy atom. The van der Waals surface area contributed by atoms with E-state index >= 15 is 0 Å². The number of fused-ring (bicyclic) bond motifs is 39. The molecule has 22 aromatic carbocycles. The maximum Gasteiger partial charge on any atom is 0.235 e. The predicted octanol–water partition coefficient (Wildman–Crippen LogP) is 35.0. The standard InChI is InChI=1S/C48H28N4O.C42H23N3O2.C42H25N3O/c1-2-14-30(15-3-1)51-39-23-11-7-16-31(39)37-28-29(26-27-41(37)51)45-34-19-6-10-22-38(34)49-48(50-45)52-40-24-12-8-20-35(40)43-44-36-21-9-13-25-42(36)53-47(44)33-18-5-4-17-32(33)46(43)52;1-2-13-27-26(12-1)40-37(38-30-16-6-10-20-35(30)47-41(27)38)29-15-4-8-18-33(29)45(40)42-43-32-17-7-3-14-28(32)39(44-42)24-21-22-36-31(23-24)25-11-5-9-19-34(25)46-36;1-3-13-26(14-4-1)28-23-24-31-34(25-28)43-42(44-39(31)27-15-5-2-6-16-27)45-35-21-11-9-19-32(35)37-38-33-20-10-12-22-36(33)46-41(38)30-18-8-7-17-29(30)40(37)45/h1-28H;1-23H;1-25H. The molecule has 0 radical (unpaired) electrons. The third-order valence-corrected chi connectivity index (χ3v) is 29.7. The lowest BCUT2D eigenvalue weighted by atomic mass is 9.99. The fourth-order valence-corrected chi connectivity index (χ4v) is 23.4. The fourth-order valence-electron chi connectivity index (χ4n) is 23.4. The van der Waals surface area contributed by atoms with Crippen LogP contribution in [0, 0.1) is 0 Å². The maximum absolute atomic E-state index is 6.63. The molecule has 0 aliphatic rings. The fraction of sp³-hybridized carbons (Fsp3) is 0. The molecule has 0 fully saturated rings. The molecular weight excluding hydrogens is 1790 g/mol. The van der Waals surface area contributed by atoms with Gasteiger partial charge >= 0.3 is 0 Å². The molecule has 11 heterocycles. The second-order valence-electron chi connectivity index (χ2n) is 37.6. The largest absolute Gasteiger partial charge is 0.456 e. The van der Waals surface area contributed by atoms with Crippen LogP contribution in [0.2, 0.25) is 0 Å². The molecule has 0 N–H and O–H groups in total. The first-order valence-corrected chi connectivity index (χ1v) is 49.2. The van der Waals surface area contributed by atoms with Crippen LogP contribution >= 0.6 is 0 Å². The van der Waals surface area contributed by atoms with E-state index < -0.39 is 0 Å². The van der Waals surface area contributed by atoms with Crippen molar-refractivity contribution in [1.82, 2.24) is 48.2 Å². The van der Waals surface area contributed by atoms with Gasteiger partial charge in [-0.25, -0.2) is 29.9 Å². The lowest BCUT2D eigenvalue weighted by Crippen LogP contribution is -2.04. The molecule has 33 aromatic rings. The molecule has 0 aliphatic heterocycles. The van der Waals surface area contributed by atoms with Crippen molar-refractivity contribution in [3.63, 3.8) is 0 Å². The molecule has 11 aromatic heterocycles. The quantitative estimate of drug-likeness (QED) is 0.144. The number of furan rings is 4. The molecule has 0 amide bonds. The summed E-state index contributed by atoms with van der Waals surface area (Å²) < 4.78 is 35.1. The summed E-state index contributed by atoms with van der Waals surface area (Å²) in [5.74, 6) is 1.90. The van der Waals surface area contributed by atoms with Crippen molar-refractivity contribution in [2.75, 3.05) is 0 Å². The second kappa shape index (κ2) is 31.8. The molecule has 14 nitrogen and oxygen atoms in total. The smallest absolute Gasteiger partial charge is 0.235 e. The number of hydrogen-bond donors (Lipinski definition) is 0. The summed E-state index contributed by atoms with van der Waals surface area (Å²) in [5, 5.41) is 27.6. The molecule has 33 rings (SSSR count). The highest BCUT2D eigenvalue weighted by Gasteiger charge is 2.31. The lowest BCUT2D eigenvalue weighted by molar-refractivity contribution is 0.669. The highest BCUT2D eigenvalue weighted by atomic mass is 16.3. The Morgan fingerprint density at radius 2 is 0.452 bits per heavy atom. The van der Waals surface area contributed by atoms with Crippen LogP contribution in [0.3, 0.4) is 0 Å². The number of nitrogens with zero attached hydrogens (tertiary/aromatic N) is 10. The van der Waals surface area contributed by atoms with Gasteiger partial charge in [-0.2, -0.15) is 0 Å². The van der Waals surface area contributed by atoms with E-state index in [1.807, 2.05) is 54.6 Å². The molecule has 678 valence electrons. The summed E-state index contributed by atoms with van der Waals surface area (Å²) in [6.45, 7) is 0. The molecule has 14 heteroatoms. The zero-order valence-electron chi connectivity index (χ0n) is 78.0. The van der Waals surface area contributed by atoms with Crippen LogP contribution in [0.25, 0.3) is 308 Å². The predicted molar refractivity (Wildman–Crippen MR) is 599 cm³/mol. The Morgan fingerprint density at radius 1 is 0.151 bits per heavy atom. The molecule has 0 saturated carbocycles. The zero-order chi connectivity index (χ0) is 95.5. The molecule has 0 spiro atoms. The van der Waals surface area contributed by atoms with Gasteiger partial charge in [-0.05, 0) is 126 Å². The van der Waals surface area contributed by atoms with Crippen LogP contribution in [-0.2, 0) is 0 Å². The van der Waals surface area contributed by atoms with Gasteiger partial charge in [-0.15, -0.1) is 0 Å². The summed E-state index contributed by atoms with van der Waals surface area (Å²) in [5.41, 5.74) is 27.7. The highest BCUT2D eigenvalue weighted by molar-refractivity contribution is 6.39. The van der Waals surface area contributed by atoms with Gasteiger partial charge < -0.3 is 22.2 Å². The van der Waals surface area contributed by atoms with E-state index in [9.17, 15) is 0 Å². The monoisotopic (exact) mass is 1860 g/mol. The molecule has 146 heavy (non-hydrogen) atoms. The number of para-hydroxylation sites is 11. The van der Waals surface area contributed by atoms with E-state index in [0.717, 1.165) is 274 Å². The minimum Gasteiger partial charge on any atom is -0.456 e. The van der Waals surface area contributed by atoms with Gasteiger partial charge in [0.15, 0.2) is 0 Å². The summed E-state index contributed by atoms with van der Waals surface area (Å²) in [6, 6.07) is 161. The first-order chi connectivity index (χ1) is 72.5. The first kappa shape index (κ1) is 80.9. The Labute approximate surface area is 829 Å². The maximum atomic E-state index is 6.63. The Balaban J connectivity index is 0.0000000998. The van der Waals surface area contributed by atoms with Crippen LogP contribution < -0.4 is 0 Å². The van der Waals surface area contributed by atoms with Crippen LogP contribution in [0.1, 0.15) is 0 Å². The normalized spacial score (nSPS) is 12.1. The van der Waals surface area contributed by atoms with Crippen molar-refractivity contribution in [2.24, 2.45) is 0 Å². The van der Waals surface area contributed by atoms with E-state index in [1.165, 1.54) is 16.3 Å². The molecule has 0 unspecified atom stereocenters. The van der Waals surface area contributed by atoms with Gasteiger partial charge in [0.1, 0.15) is 44.7 Å². The van der Waals surface area contributed by atoms with E-state index in [1.54, 1.807) is 0 Å². The van der Waals surface area contributed by atoms with Gasteiger partial charge in [0.2, 0.25) is 17.8 Å². The van der Waals surface area contributed by atoms with Gasteiger partial charge in [-0.1, -0.05) is 346 Å². The van der Waals surface area contributed by atoms with E-state index in [4.69, 9.17) is 47.6 Å². The van der Waals surface area contributed by atoms with Crippen molar-refractivity contribution in [3.8, 4) is 68.4 Å². The van der Waals surface area contributed by atoms with Crippen molar-refractivity contribution >= 4 is 240 Å². The van der Waals surface area contributed by atoms with Gasteiger partial charge in [0, 0.05) is 157 Å². The van der Waals surface area contributed by atoms with Crippen molar-refractivity contribution in [3.05, 3.63) is 461 Å². The minimum absolute atomic E-state index is 0.624. The number of hydrogen-bond acceptors (Lipinski definition) is 10. The number of rotatable bonds is 8. The highest BCUT2D eigenvalue weighted by Crippen LogP contribution is 2.52. The van der Waals surface area contributed by atoms with E-state index in [2.05, 4.69) is 425 Å². The van der Waals surface area contributed by atoms with Gasteiger partial charge in [-0.3, -0.25) is 13.7 Å². The number of benzene rings is 22. The van der Waals surface area contributed by atoms with Gasteiger partial charge in [0.05, 0.1) is 77.8 Å². The Bertz CT molecular complexity index is 11400. The average molecular weight is 1870 g/mol. The summed E-state index contributed by atoms with van der Waals surface area (Å²) in [6.07, 6.45) is 0. The van der Waals surface area contributed by atoms with E-state index in [0.29, 0.717) is 17.8 Å². The van der Waals surface area contributed by atoms with Crippen LogP contribution in [-0.4, -0.2) is 48.2 Å². The summed E-state index contributed by atoms with van der Waals surface area (Å²) >= 11 is 0. The Kier molecular flexibility index (Phi) is 17.6. The van der Waals surface area contributed by atoms with Crippen LogP contribution in [0.15, 0.2) is 479 Å². The second-order valence-corrected chi connectivity index (χ2v) is 37.6. The summed E-state index contributed by atoms with van der Waals surface area (Å²) in [7, 11) is 0. The molecule has 0 aliphatic carbocycles. The average Bonchev–Trinajstić information content (AvgIpc) is 1.54. The van der Waals surface area contributed by atoms with Crippen molar-refractivity contribution < 1.29 is 17.7 Å². The lowest BCUT2D eigenvalue weighted by Gasteiger charge is -2.13. The van der Waals surface area contributed by atoms with Gasteiger partial charge in [0.25, 0.3) is 0 Å². The van der Waals surface area contributed by atoms with Crippen molar-refractivity contribution in [2.45, 2.75) is 0 Å². The Hall–Kier alpha value is -20.0. The first-order valence-electron chi connectivity index (χ1n) is 49.2. The molecular formula is C132H76N10O4. The molecule has 0 atom stereocenters. The minimum atomic E-state index is 0.624. The van der Waals surface area contributed by atoms with Crippen LogP contribution in [0.5, 0.6) is 0 Å². The third-order valence-electron chi connectivity index (χ3n) is 29.7. The summed E-state index contributed by atoms with van der Waals surface area (Å²) in [4.78, 5) is 32.3. The zero-order valence-corrected chi connectivity index (χ0v) is 78.0. The molecule has 0 saturated heterocycles. The SMILES string of the molecule is c1ccc(-c2ccc3c(-c4ccccc4)nc(-n4c5ccccc5c5c6c7ccccc7oc6c6ccccc6c54)nc3c2)cc1.c1ccc(-n2c3ccccc3c3cc(-c4nc(-n5c6ccccc6c6c7c8ccccc8oc7c7ccccc7c65)nc5ccccc45)ccc32)cc1.c1ccc2c(-c3ccc4oc5ccccc5c4c3)nc(-n3c4ccccc4c4c5c6ccccc6oc5c5ccccc5c43)nc2c1. The van der Waals surface area contributed by atoms with E-state index in [-0.39, 0.29) is 0 Å². The van der Waals surface area contributed by atoms with Crippen LogP contribution in [0.4, 0.5) is 0 Å². The topological polar surface area (TPSA) is 150 Å². The number of aromatic nitrogens is 10. The molecule has 0 bridgehead atoms. The van der Waals surface area contributed by atoms with Crippen molar-refractivity contribution in [1.29, 1.82) is 0 Å². The third kappa shape index (κ3) is 12.1.